The highest BCUT2D eigenvalue weighted by atomic mass is 16.6. The number of amides is 1. The van der Waals surface area contributed by atoms with Gasteiger partial charge in [0.1, 0.15) is 11.2 Å². The number of hydrogen-bond donors (Lipinski definition) is 1. The molecule has 0 unspecified atom stereocenters. The molecule has 1 N–H and O–H groups in total. The number of H-pyrrole nitrogens is 1. The zero-order valence-corrected chi connectivity index (χ0v) is 16.0. The zero-order chi connectivity index (χ0) is 18.8. The molecule has 0 saturated heterocycles. The summed E-state index contributed by atoms with van der Waals surface area (Å²) in [4.78, 5) is 29.6. The third-order valence-electron chi connectivity index (χ3n) is 3.94. The number of aryl methyl sites for hydroxylation is 1. The Labute approximate surface area is 148 Å². The van der Waals surface area contributed by atoms with Crippen molar-refractivity contribution >= 4 is 11.7 Å². The van der Waals surface area contributed by atoms with Gasteiger partial charge >= 0.3 is 6.09 Å². The molecule has 0 spiro atoms. The van der Waals surface area contributed by atoms with Crippen LogP contribution in [0.5, 0.6) is 0 Å². The van der Waals surface area contributed by atoms with Crippen LogP contribution < -0.4 is 5.56 Å². The average Bonchev–Trinajstić information content (AvgIpc) is 2.90. The summed E-state index contributed by atoms with van der Waals surface area (Å²) in [6, 6.07) is 1.80. The molecule has 0 aliphatic carbocycles. The third kappa shape index (κ3) is 4.61. The van der Waals surface area contributed by atoms with Crippen LogP contribution in [0.25, 0.3) is 5.65 Å². The Morgan fingerprint density at radius 2 is 2.04 bits per heavy atom. The summed E-state index contributed by atoms with van der Waals surface area (Å²) < 4.78 is 6.84. The summed E-state index contributed by atoms with van der Waals surface area (Å²) in [6.45, 7) is 12.1. The lowest BCUT2D eigenvalue weighted by atomic mass is 10.2. The second-order valence-corrected chi connectivity index (χ2v) is 7.37. The molecular formula is C18H28N4O3. The van der Waals surface area contributed by atoms with Gasteiger partial charge in [0.2, 0.25) is 0 Å². The molecule has 1 amide bonds. The Balaban J connectivity index is 2.29. The van der Waals surface area contributed by atoms with E-state index in [2.05, 4.69) is 17.0 Å². The SMILES string of the molecule is CCCCN(Cc1cc2[nH]c(C)c(C)c(=O)n2n1)C(=O)OC(C)(C)C. The van der Waals surface area contributed by atoms with Crippen LogP contribution in [0.2, 0.25) is 0 Å². The normalized spacial score (nSPS) is 11.8. The first-order valence-corrected chi connectivity index (χ1v) is 8.68. The van der Waals surface area contributed by atoms with Crippen molar-refractivity contribution in [1.29, 1.82) is 0 Å². The van der Waals surface area contributed by atoms with E-state index in [9.17, 15) is 9.59 Å². The summed E-state index contributed by atoms with van der Waals surface area (Å²) in [7, 11) is 0. The lowest BCUT2D eigenvalue weighted by Crippen LogP contribution is -2.37. The van der Waals surface area contributed by atoms with Crippen LogP contribution in [0, 0.1) is 13.8 Å². The molecule has 0 radical (unpaired) electrons. The number of unbranched alkanes of at least 4 members (excludes halogenated alkanes) is 1. The molecule has 2 rings (SSSR count). The molecule has 2 aromatic heterocycles. The van der Waals surface area contributed by atoms with Gasteiger partial charge in [0, 0.05) is 23.9 Å². The lowest BCUT2D eigenvalue weighted by Gasteiger charge is -2.26. The number of carbonyl (C=O) groups excluding carboxylic acids is 1. The Morgan fingerprint density at radius 3 is 2.64 bits per heavy atom. The quantitative estimate of drug-likeness (QED) is 0.900. The highest BCUT2D eigenvalue weighted by Gasteiger charge is 2.23. The Kier molecular flexibility index (Phi) is 5.55. The fourth-order valence-electron chi connectivity index (χ4n) is 2.46. The number of hydrogen-bond acceptors (Lipinski definition) is 4. The van der Waals surface area contributed by atoms with Crippen molar-refractivity contribution in [3.8, 4) is 0 Å². The van der Waals surface area contributed by atoms with Crippen molar-refractivity contribution < 1.29 is 9.53 Å². The molecule has 7 nitrogen and oxygen atoms in total. The molecule has 25 heavy (non-hydrogen) atoms. The van der Waals surface area contributed by atoms with Gasteiger partial charge in [-0.05, 0) is 41.0 Å². The van der Waals surface area contributed by atoms with E-state index in [0.29, 0.717) is 30.0 Å². The summed E-state index contributed by atoms with van der Waals surface area (Å²) in [5.74, 6) is 0. The van der Waals surface area contributed by atoms with Crippen LogP contribution in [-0.4, -0.2) is 37.7 Å². The molecule has 0 aliphatic rings. The summed E-state index contributed by atoms with van der Waals surface area (Å²) in [5, 5.41) is 4.36. The van der Waals surface area contributed by atoms with Crippen LogP contribution in [0.15, 0.2) is 10.9 Å². The molecule has 0 saturated carbocycles. The van der Waals surface area contributed by atoms with Gasteiger partial charge in [-0.2, -0.15) is 9.61 Å². The van der Waals surface area contributed by atoms with Gasteiger partial charge in [0.05, 0.1) is 12.2 Å². The first kappa shape index (κ1) is 19.0. The maximum atomic E-state index is 12.5. The van der Waals surface area contributed by atoms with E-state index in [-0.39, 0.29) is 11.7 Å². The largest absolute Gasteiger partial charge is 0.444 e. The number of nitrogens with zero attached hydrogens (tertiary/aromatic N) is 3. The predicted molar refractivity (Wildman–Crippen MR) is 96.8 cm³/mol. The minimum Gasteiger partial charge on any atom is -0.444 e. The average molecular weight is 348 g/mol. The van der Waals surface area contributed by atoms with Crippen molar-refractivity contribution in [2.45, 2.75) is 66.5 Å². The van der Waals surface area contributed by atoms with Crippen molar-refractivity contribution in [2.24, 2.45) is 0 Å². The number of rotatable bonds is 5. The molecule has 7 heteroatoms. The van der Waals surface area contributed by atoms with Crippen LogP contribution in [0.4, 0.5) is 4.79 Å². The van der Waals surface area contributed by atoms with E-state index in [0.717, 1.165) is 18.5 Å². The van der Waals surface area contributed by atoms with Crippen molar-refractivity contribution in [2.75, 3.05) is 6.54 Å². The lowest BCUT2D eigenvalue weighted by molar-refractivity contribution is 0.0228. The van der Waals surface area contributed by atoms with Gasteiger partial charge in [-0.25, -0.2) is 4.79 Å². The minimum absolute atomic E-state index is 0.144. The highest BCUT2D eigenvalue weighted by Crippen LogP contribution is 2.14. The standard InChI is InChI=1S/C18H28N4O3/c1-7-8-9-21(17(24)25-18(4,5)6)11-14-10-15-19-13(3)12(2)16(23)22(15)20-14/h10,19H,7-9,11H2,1-6H3. The van der Waals surface area contributed by atoms with Gasteiger partial charge in [0.25, 0.3) is 5.56 Å². The number of ether oxygens (including phenoxy) is 1. The van der Waals surface area contributed by atoms with E-state index in [1.807, 2.05) is 27.7 Å². The molecule has 0 aromatic carbocycles. The minimum atomic E-state index is -0.551. The monoisotopic (exact) mass is 348 g/mol. The van der Waals surface area contributed by atoms with Gasteiger partial charge in [-0.15, -0.1) is 0 Å². The number of fused-ring (bicyclic) bond motifs is 1. The van der Waals surface area contributed by atoms with Crippen LogP contribution in [0.1, 0.15) is 57.5 Å². The second-order valence-electron chi connectivity index (χ2n) is 7.37. The maximum absolute atomic E-state index is 12.5. The van der Waals surface area contributed by atoms with Crippen molar-refractivity contribution in [3.05, 3.63) is 33.4 Å². The zero-order valence-electron chi connectivity index (χ0n) is 16.0. The van der Waals surface area contributed by atoms with E-state index >= 15 is 0 Å². The first-order valence-electron chi connectivity index (χ1n) is 8.68. The van der Waals surface area contributed by atoms with Gasteiger partial charge in [-0.3, -0.25) is 4.79 Å². The molecule has 2 aromatic rings. The Morgan fingerprint density at radius 1 is 1.36 bits per heavy atom. The smallest absolute Gasteiger partial charge is 0.410 e. The third-order valence-corrected chi connectivity index (χ3v) is 3.94. The molecule has 0 aliphatic heterocycles. The van der Waals surface area contributed by atoms with E-state index < -0.39 is 5.60 Å². The van der Waals surface area contributed by atoms with Crippen molar-refractivity contribution in [1.82, 2.24) is 19.5 Å². The Bertz CT molecular complexity index is 814. The fourth-order valence-corrected chi connectivity index (χ4v) is 2.46. The van der Waals surface area contributed by atoms with Crippen LogP contribution >= 0.6 is 0 Å². The summed E-state index contributed by atoms with van der Waals surface area (Å²) in [6.07, 6.45) is 1.49. The second kappa shape index (κ2) is 7.29. The van der Waals surface area contributed by atoms with E-state index in [1.54, 1.807) is 17.9 Å². The summed E-state index contributed by atoms with van der Waals surface area (Å²) >= 11 is 0. The fraction of sp³-hybridized carbons (Fsp3) is 0.611. The topological polar surface area (TPSA) is 79.7 Å². The molecule has 0 atom stereocenters. The number of carbonyl (C=O) groups is 1. The molecule has 138 valence electrons. The molecular weight excluding hydrogens is 320 g/mol. The van der Waals surface area contributed by atoms with E-state index in [1.165, 1.54) is 4.52 Å². The van der Waals surface area contributed by atoms with Crippen LogP contribution in [-0.2, 0) is 11.3 Å². The van der Waals surface area contributed by atoms with Crippen LogP contribution in [0.3, 0.4) is 0 Å². The number of aromatic nitrogens is 3. The first-order chi connectivity index (χ1) is 11.6. The number of aromatic amines is 1. The predicted octanol–water partition coefficient (Wildman–Crippen LogP) is 3.18. The Hall–Kier alpha value is -2.31. The number of nitrogens with one attached hydrogen (secondary N) is 1. The van der Waals surface area contributed by atoms with Gasteiger partial charge in [-0.1, -0.05) is 13.3 Å². The van der Waals surface area contributed by atoms with E-state index in [4.69, 9.17) is 4.74 Å². The highest BCUT2D eigenvalue weighted by molar-refractivity contribution is 5.68. The van der Waals surface area contributed by atoms with Crippen molar-refractivity contribution in [3.63, 3.8) is 0 Å². The molecule has 0 bridgehead atoms. The molecule has 2 heterocycles. The maximum Gasteiger partial charge on any atom is 0.410 e. The summed E-state index contributed by atoms with van der Waals surface area (Å²) in [5.41, 5.74) is 2.04. The van der Waals surface area contributed by atoms with Gasteiger partial charge < -0.3 is 14.6 Å². The van der Waals surface area contributed by atoms with Gasteiger partial charge in [0.15, 0.2) is 0 Å². The molecule has 0 fully saturated rings.